The molecule has 0 saturated heterocycles. The fraction of sp³-hybridized carbons (Fsp3) is 0.806. The summed E-state index contributed by atoms with van der Waals surface area (Å²) >= 11 is 15.0. The van der Waals surface area contributed by atoms with Crippen LogP contribution < -0.4 is 0 Å². The molecule has 7 heteroatoms. The van der Waals surface area contributed by atoms with Gasteiger partial charge in [0, 0.05) is 11.3 Å². The van der Waals surface area contributed by atoms with Gasteiger partial charge in [-0.05, 0) is 98.5 Å². The van der Waals surface area contributed by atoms with Crippen LogP contribution in [-0.2, 0) is 19.1 Å². The number of ether oxygens (including phenoxy) is 2. The van der Waals surface area contributed by atoms with E-state index in [1.165, 1.54) is 38.5 Å². The van der Waals surface area contributed by atoms with Crippen LogP contribution in [0.15, 0.2) is 23.8 Å². The summed E-state index contributed by atoms with van der Waals surface area (Å²) in [5.74, 6) is 1.01. The number of allylic oxidation sites excluding steroid dienone is 4. The summed E-state index contributed by atoms with van der Waals surface area (Å²) in [5.41, 5.74) is 0.244. The largest absolute Gasteiger partial charge is 0.509 e. The van der Waals surface area contributed by atoms with E-state index in [1.54, 1.807) is 12.2 Å². The van der Waals surface area contributed by atoms with Crippen LogP contribution in [0, 0.1) is 46.3 Å². The first kappa shape index (κ1) is 31.6. The number of ketones is 2. The predicted molar refractivity (Wildman–Crippen MR) is 169 cm³/mol. The molecule has 0 amide bonds. The molecule has 0 aromatic heterocycles. The van der Waals surface area contributed by atoms with Crippen LogP contribution >= 0.6 is 23.2 Å². The van der Waals surface area contributed by atoms with Gasteiger partial charge in [-0.3, -0.25) is 9.59 Å². The van der Waals surface area contributed by atoms with Crippen molar-refractivity contribution in [1.82, 2.24) is 0 Å². The van der Waals surface area contributed by atoms with Crippen LogP contribution in [-0.4, -0.2) is 40.7 Å². The van der Waals surface area contributed by atoms with Gasteiger partial charge in [0.1, 0.15) is 6.10 Å². The highest BCUT2D eigenvalue weighted by Gasteiger charge is 2.70. The summed E-state index contributed by atoms with van der Waals surface area (Å²) in [6, 6.07) is 0. The van der Waals surface area contributed by atoms with Gasteiger partial charge < -0.3 is 9.47 Å². The van der Waals surface area contributed by atoms with E-state index in [2.05, 4.69) is 20.8 Å². The minimum Gasteiger partial charge on any atom is -0.430 e. The zero-order valence-electron chi connectivity index (χ0n) is 26.3. The van der Waals surface area contributed by atoms with E-state index < -0.39 is 16.4 Å². The average molecular weight is 634 g/mol. The van der Waals surface area contributed by atoms with Crippen molar-refractivity contribution in [1.29, 1.82) is 0 Å². The molecule has 0 aliphatic heterocycles. The maximum absolute atomic E-state index is 13.9. The number of Topliss-reactive ketones (excluding diaryl/α,β-unsaturated/α-hetero) is 1. The Morgan fingerprint density at radius 1 is 0.977 bits per heavy atom. The molecule has 0 unspecified atom stereocenters. The van der Waals surface area contributed by atoms with Gasteiger partial charge in [0.15, 0.2) is 18.2 Å². The highest BCUT2D eigenvalue weighted by molar-refractivity contribution is 6.34. The molecule has 5 fully saturated rings. The third-order valence-electron chi connectivity index (χ3n) is 13.1. The maximum Gasteiger partial charge on any atom is 0.509 e. The lowest BCUT2D eigenvalue weighted by Gasteiger charge is -2.63. The first-order valence-corrected chi connectivity index (χ1v) is 17.9. The second-order valence-corrected chi connectivity index (χ2v) is 16.5. The van der Waals surface area contributed by atoms with Crippen molar-refractivity contribution in [2.45, 2.75) is 127 Å². The molecule has 6 aliphatic carbocycles. The number of halogens is 2. The van der Waals surface area contributed by atoms with Crippen LogP contribution in [0.4, 0.5) is 4.79 Å². The summed E-state index contributed by atoms with van der Waals surface area (Å²) in [6.07, 6.45) is 19.5. The fourth-order valence-corrected chi connectivity index (χ4v) is 12.3. The molecular weight excluding hydrogens is 583 g/mol. The lowest BCUT2D eigenvalue weighted by molar-refractivity contribution is -0.134. The van der Waals surface area contributed by atoms with Crippen molar-refractivity contribution in [2.75, 3.05) is 6.61 Å². The van der Waals surface area contributed by atoms with Gasteiger partial charge in [0.25, 0.3) is 0 Å². The molecule has 6 aliphatic rings. The Balaban J connectivity index is 1.14. The van der Waals surface area contributed by atoms with Gasteiger partial charge in [-0.25, -0.2) is 4.79 Å². The number of alkyl halides is 2. The lowest BCUT2D eigenvalue weighted by Crippen LogP contribution is -2.64. The molecule has 0 heterocycles. The van der Waals surface area contributed by atoms with Gasteiger partial charge in [-0.2, -0.15) is 0 Å². The summed E-state index contributed by atoms with van der Waals surface area (Å²) in [6.45, 7) is 6.25. The van der Waals surface area contributed by atoms with E-state index in [1.807, 2.05) is 6.08 Å². The second-order valence-electron chi connectivity index (χ2n) is 15.4. The maximum atomic E-state index is 13.9. The molecule has 8 atom stereocenters. The zero-order chi connectivity index (χ0) is 30.6. The van der Waals surface area contributed by atoms with Crippen molar-refractivity contribution in [3.8, 4) is 0 Å². The Morgan fingerprint density at radius 3 is 2.23 bits per heavy atom. The molecular formula is C36H50Cl2O5. The Kier molecular flexibility index (Phi) is 8.92. The van der Waals surface area contributed by atoms with Crippen LogP contribution in [0.25, 0.3) is 0 Å². The topological polar surface area (TPSA) is 69.7 Å². The molecule has 0 aromatic carbocycles. The third kappa shape index (κ3) is 5.34. The highest BCUT2D eigenvalue weighted by Crippen LogP contribution is 2.71. The smallest absolute Gasteiger partial charge is 0.430 e. The number of fused-ring (bicyclic) bond motifs is 5. The number of rotatable bonds is 6. The Bertz CT molecular complexity index is 1150. The van der Waals surface area contributed by atoms with Crippen LogP contribution in [0.3, 0.4) is 0 Å². The van der Waals surface area contributed by atoms with Gasteiger partial charge in [0.05, 0.1) is 10.3 Å². The molecule has 0 bridgehead atoms. The number of hydrogen-bond donors (Lipinski definition) is 0. The molecule has 5 saturated carbocycles. The monoisotopic (exact) mass is 632 g/mol. The van der Waals surface area contributed by atoms with Crippen molar-refractivity contribution < 1.29 is 23.9 Å². The number of carbonyl (C=O) groups is 3. The van der Waals surface area contributed by atoms with Crippen molar-refractivity contribution >= 4 is 40.9 Å². The van der Waals surface area contributed by atoms with E-state index >= 15 is 0 Å². The summed E-state index contributed by atoms with van der Waals surface area (Å²) in [5, 5.41) is -0.370. The first-order chi connectivity index (χ1) is 20.5. The Labute approximate surface area is 267 Å². The number of hydrogen-bond acceptors (Lipinski definition) is 5. The van der Waals surface area contributed by atoms with Crippen LogP contribution in [0.2, 0.25) is 0 Å². The quantitative estimate of drug-likeness (QED) is 0.216. The highest BCUT2D eigenvalue weighted by atomic mass is 35.5. The molecule has 0 N–H and O–H groups in total. The third-order valence-corrected chi connectivity index (χ3v) is 14.6. The second kappa shape index (κ2) is 12.1. The summed E-state index contributed by atoms with van der Waals surface area (Å²) < 4.78 is 11.7. The molecule has 6 rings (SSSR count). The van der Waals surface area contributed by atoms with Crippen molar-refractivity contribution in [3.05, 3.63) is 23.8 Å². The van der Waals surface area contributed by atoms with E-state index in [0.717, 1.165) is 50.5 Å². The standard InChI is InChI=1S/C36H50Cl2O5/c1-22-18-28-27-15-14-25-19-26(39)16-17-35(25,3)36(27,38)30(37)20-34(28,2)31(22)29(40)21-42-33(41)43-32(23-10-6-4-7-11-23)24-12-8-5-9-13-24/h16-17,19,22-24,27-28,30-32H,4-15,18,20-21H2,1-3H3/t22-,27+,28+,30+,31-,34+,35+,36+/m1/s1. The average Bonchev–Trinajstić information content (AvgIpc) is 3.26. The normalized spacial score (nSPS) is 41.7. The number of carbonyl (C=O) groups excluding carboxylic acids is 3. The van der Waals surface area contributed by atoms with Gasteiger partial charge >= 0.3 is 6.16 Å². The zero-order valence-corrected chi connectivity index (χ0v) is 27.8. The van der Waals surface area contributed by atoms with Gasteiger partial charge in [-0.15, -0.1) is 23.2 Å². The fourth-order valence-electron chi connectivity index (χ4n) is 11.1. The van der Waals surface area contributed by atoms with E-state index in [4.69, 9.17) is 32.7 Å². The van der Waals surface area contributed by atoms with Crippen LogP contribution in [0.1, 0.15) is 111 Å². The Hall–Kier alpha value is -1.33. The van der Waals surface area contributed by atoms with E-state index in [-0.39, 0.29) is 58.7 Å². The van der Waals surface area contributed by atoms with Crippen LogP contribution in [0.5, 0.6) is 0 Å². The van der Waals surface area contributed by atoms with Crippen molar-refractivity contribution in [3.63, 3.8) is 0 Å². The molecule has 0 spiro atoms. The van der Waals surface area contributed by atoms with E-state index in [0.29, 0.717) is 18.3 Å². The minimum atomic E-state index is -0.731. The molecule has 0 aromatic rings. The molecule has 5 nitrogen and oxygen atoms in total. The predicted octanol–water partition coefficient (Wildman–Crippen LogP) is 8.99. The van der Waals surface area contributed by atoms with Gasteiger partial charge in [-0.1, -0.05) is 70.9 Å². The minimum absolute atomic E-state index is 0.0143. The molecule has 0 radical (unpaired) electrons. The first-order valence-electron chi connectivity index (χ1n) is 17.1. The van der Waals surface area contributed by atoms with E-state index in [9.17, 15) is 14.4 Å². The Morgan fingerprint density at radius 2 is 1.60 bits per heavy atom. The van der Waals surface area contributed by atoms with Crippen molar-refractivity contribution in [2.24, 2.45) is 46.3 Å². The summed E-state index contributed by atoms with van der Waals surface area (Å²) in [7, 11) is 0. The van der Waals surface area contributed by atoms with Gasteiger partial charge in [0.2, 0.25) is 0 Å². The lowest BCUT2D eigenvalue weighted by atomic mass is 9.47. The molecule has 238 valence electrons. The SMILES string of the molecule is C[C@@H]1C[C@H]2[C@@H]3CCC4=CC(=O)C=C[C@]4(C)[C@@]3(Cl)[C@@H](Cl)C[C@]2(C)[C@H]1C(=O)COC(=O)OC(C1CCCCC1)C1CCCCC1. The summed E-state index contributed by atoms with van der Waals surface area (Å²) in [4.78, 5) is 38.5. The molecule has 43 heavy (non-hydrogen) atoms.